The Kier molecular flexibility index (Phi) is 8.56. The van der Waals surface area contributed by atoms with Gasteiger partial charge in [-0.15, -0.1) is 0 Å². The van der Waals surface area contributed by atoms with Crippen molar-refractivity contribution >= 4 is 36.3 Å². The summed E-state index contributed by atoms with van der Waals surface area (Å²) < 4.78 is 98.3. The van der Waals surface area contributed by atoms with E-state index in [2.05, 4.69) is 27.7 Å². The molecule has 6 nitrogen and oxygen atoms in total. The van der Waals surface area contributed by atoms with E-state index in [1.165, 1.54) is 19.1 Å². The molecule has 0 aromatic heterocycles. The van der Waals surface area contributed by atoms with Crippen molar-refractivity contribution in [3.05, 3.63) is 58.9 Å². The predicted octanol–water partition coefficient (Wildman–Crippen LogP) is 7.33. The predicted molar refractivity (Wildman–Crippen MR) is 134 cm³/mol. The summed E-state index contributed by atoms with van der Waals surface area (Å²) in [6, 6.07) is 4.61. The number of esters is 1. The van der Waals surface area contributed by atoms with E-state index in [1.54, 1.807) is 12.1 Å². The minimum atomic E-state index is -4.99. The van der Waals surface area contributed by atoms with Crippen LogP contribution in [-0.4, -0.2) is 18.1 Å². The van der Waals surface area contributed by atoms with Gasteiger partial charge in [0.2, 0.25) is 34.8 Å². The van der Waals surface area contributed by atoms with Crippen LogP contribution in [-0.2, 0) is 17.5 Å². The Morgan fingerprint density at radius 2 is 1.49 bits per heavy atom. The molecule has 1 saturated carbocycles. The highest BCUT2D eigenvalue weighted by molar-refractivity contribution is 14.1. The van der Waals surface area contributed by atoms with Crippen LogP contribution in [0.4, 0.5) is 22.0 Å². The van der Waals surface area contributed by atoms with E-state index in [1.807, 2.05) is 27.7 Å². The Hall–Kier alpha value is -1.92. The van der Waals surface area contributed by atoms with Crippen molar-refractivity contribution in [1.29, 1.82) is 0 Å². The highest BCUT2D eigenvalue weighted by Crippen LogP contribution is 2.48. The number of nitrogens with one attached hydrogen (secondary N) is 1. The van der Waals surface area contributed by atoms with Crippen molar-refractivity contribution in [2.45, 2.75) is 63.0 Å². The smallest absolute Gasteiger partial charge is 0.461 e. The lowest BCUT2D eigenvalue weighted by Gasteiger charge is -2.41. The molecular formula is C24H26F5INO5P. The molecule has 2 atom stereocenters. The number of benzene rings is 2. The zero-order chi connectivity index (χ0) is 27.9. The van der Waals surface area contributed by atoms with Crippen LogP contribution in [0.3, 0.4) is 0 Å². The summed E-state index contributed by atoms with van der Waals surface area (Å²) in [4.78, 5) is 12.5. The highest BCUT2D eigenvalue weighted by atomic mass is 127. The number of rotatable bonds is 9. The van der Waals surface area contributed by atoms with Gasteiger partial charge >= 0.3 is 13.7 Å². The van der Waals surface area contributed by atoms with Crippen molar-refractivity contribution < 1.29 is 45.1 Å². The van der Waals surface area contributed by atoms with Gasteiger partial charge in [0.25, 0.3) is 0 Å². The van der Waals surface area contributed by atoms with Crippen LogP contribution in [0.25, 0.3) is 0 Å². The van der Waals surface area contributed by atoms with Crippen LogP contribution in [0.15, 0.2) is 24.3 Å². The molecular weight excluding hydrogens is 635 g/mol. The maximum atomic E-state index is 14.3. The summed E-state index contributed by atoms with van der Waals surface area (Å²) in [6.45, 7) is 9.07. The summed E-state index contributed by atoms with van der Waals surface area (Å²) in [5.41, 5.74) is 0.845. The number of carbonyl (C=O) groups is 1. The molecule has 0 spiro atoms. The Morgan fingerprint density at radius 3 is 1.95 bits per heavy atom. The molecule has 2 aromatic rings. The van der Waals surface area contributed by atoms with Gasteiger partial charge in [0.15, 0.2) is 0 Å². The van der Waals surface area contributed by atoms with E-state index in [0.29, 0.717) is 12.8 Å². The minimum Gasteiger partial charge on any atom is -0.461 e. The van der Waals surface area contributed by atoms with E-state index in [9.17, 15) is 31.3 Å². The average Bonchev–Trinajstić information content (AvgIpc) is 2.77. The Morgan fingerprint density at radius 1 is 1.00 bits per heavy atom. The lowest BCUT2D eigenvalue weighted by Crippen LogP contribution is -2.43. The van der Waals surface area contributed by atoms with E-state index in [-0.39, 0.29) is 20.7 Å². The summed E-state index contributed by atoms with van der Waals surface area (Å²) in [5, 5.41) is 2.18. The summed E-state index contributed by atoms with van der Waals surface area (Å²) in [6.07, 6.45) is 0.813. The van der Waals surface area contributed by atoms with Crippen molar-refractivity contribution in [3.8, 4) is 11.5 Å². The second-order valence-corrected chi connectivity index (χ2v) is 14.4. The van der Waals surface area contributed by atoms with Gasteiger partial charge in [0.1, 0.15) is 17.9 Å². The van der Waals surface area contributed by atoms with Gasteiger partial charge in [-0.25, -0.2) is 17.7 Å². The second kappa shape index (κ2) is 10.7. The van der Waals surface area contributed by atoms with E-state index in [0.717, 1.165) is 5.56 Å². The first-order valence-corrected chi connectivity index (χ1v) is 13.8. The minimum absolute atomic E-state index is 0.00636. The SMILES string of the molecule is C[C@H](NP(=O)(Oc1ccc(C(C)(C)I)cc1)Oc1c(F)c(F)c(F)c(F)c1F)C(=O)OC1CC(C)(C)C1. The maximum Gasteiger partial charge on any atom is 0.513 e. The number of alkyl halides is 1. The average molecular weight is 661 g/mol. The zero-order valence-corrected chi connectivity index (χ0v) is 23.7. The van der Waals surface area contributed by atoms with Gasteiger partial charge in [-0.3, -0.25) is 4.79 Å². The molecule has 0 heterocycles. The summed E-state index contributed by atoms with van der Waals surface area (Å²) in [5.74, 6) is -14.5. The van der Waals surface area contributed by atoms with Gasteiger partial charge in [0.05, 0.1) is 0 Å². The van der Waals surface area contributed by atoms with Crippen LogP contribution in [0.2, 0.25) is 0 Å². The van der Waals surface area contributed by atoms with E-state index >= 15 is 0 Å². The maximum absolute atomic E-state index is 14.3. The van der Waals surface area contributed by atoms with Crippen LogP contribution < -0.4 is 14.1 Å². The van der Waals surface area contributed by atoms with Gasteiger partial charge in [-0.2, -0.15) is 13.9 Å². The first-order valence-electron chi connectivity index (χ1n) is 11.2. The van der Waals surface area contributed by atoms with Gasteiger partial charge in [0, 0.05) is 3.42 Å². The van der Waals surface area contributed by atoms with Gasteiger partial charge < -0.3 is 13.8 Å². The number of halogens is 6. The van der Waals surface area contributed by atoms with Crippen LogP contribution in [0.5, 0.6) is 11.5 Å². The first-order chi connectivity index (χ1) is 16.9. The molecule has 1 N–H and O–H groups in total. The largest absolute Gasteiger partial charge is 0.513 e. The first kappa shape index (κ1) is 29.6. The van der Waals surface area contributed by atoms with Crippen LogP contribution in [0, 0.1) is 34.5 Å². The third kappa shape index (κ3) is 6.94. The molecule has 0 bridgehead atoms. The molecule has 1 unspecified atom stereocenters. The van der Waals surface area contributed by atoms with Crippen molar-refractivity contribution in [2.75, 3.05) is 0 Å². The Balaban J connectivity index is 1.91. The lowest BCUT2D eigenvalue weighted by molar-refractivity contribution is -0.161. The quantitative estimate of drug-likeness (QED) is 0.0578. The fourth-order valence-corrected chi connectivity index (χ4v) is 5.60. The van der Waals surface area contributed by atoms with Crippen molar-refractivity contribution in [1.82, 2.24) is 5.09 Å². The normalized spacial score (nSPS) is 17.9. The van der Waals surface area contributed by atoms with Crippen molar-refractivity contribution in [3.63, 3.8) is 0 Å². The standard InChI is InChI=1S/C24H26F5INO5P/c1-12(22(32)34-15-10-23(2,3)11-15)31-37(33,35-14-8-6-13(7-9-14)24(4,5)30)36-21-19(28)17(26)16(25)18(27)20(21)29/h6-9,12,15H,10-11H2,1-5H3,(H,31,33)/t12-,37?/m0/s1. The third-order valence-corrected chi connectivity index (χ3v) is 7.90. The number of hydrogen-bond donors (Lipinski definition) is 1. The number of carbonyl (C=O) groups excluding carboxylic acids is 1. The topological polar surface area (TPSA) is 73.9 Å². The molecule has 1 aliphatic carbocycles. The number of hydrogen-bond acceptors (Lipinski definition) is 5. The highest BCUT2D eigenvalue weighted by Gasteiger charge is 2.42. The van der Waals surface area contributed by atoms with E-state index < -0.39 is 54.6 Å². The second-order valence-electron chi connectivity index (χ2n) is 10.1. The molecule has 2 aromatic carbocycles. The number of ether oxygens (including phenoxy) is 1. The molecule has 3 rings (SSSR count). The monoisotopic (exact) mass is 661 g/mol. The molecule has 0 aliphatic heterocycles. The molecule has 37 heavy (non-hydrogen) atoms. The fourth-order valence-electron chi connectivity index (χ4n) is 3.72. The zero-order valence-electron chi connectivity index (χ0n) is 20.6. The van der Waals surface area contributed by atoms with Gasteiger partial charge in [-0.1, -0.05) is 48.6 Å². The fraction of sp³-hybridized carbons (Fsp3) is 0.458. The van der Waals surface area contributed by atoms with Crippen LogP contribution >= 0.6 is 30.3 Å². The third-order valence-electron chi connectivity index (χ3n) is 5.70. The summed E-state index contributed by atoms with van der Waals surface area (Å²) in [7, 11) is -4.99. The Labute approximate surface area is 225 Å². The molecule has 13 heteroatoms. The molecule has 204 valence electrons. The van der Waals surface area contributed by atoms with Crippen molar-refractivity contribution in [2.24, 2.45) is 5.41 Å². The molecule has 1 aliphatic rings. The molecule has 0 saturated heterocycles. The van der Waals surface area contributed by atoms with Crippen LogP contribution in [0.1, 0.15) is 53.0 Å². The lowest BCUT2D eigenvalue weighted by atomic mass is 9.70. The molecule has 1 fully saturated rings. The summed E-state index contributed by atoms with van der Waals surface area (Å²) >= 11 is 2.19. The van der Waals surface area contributed by atoms with E-state index in [4.69, 9.17) is 13.8 Å². The molecule has 0 radical (unpaired) electrons. The Bertz CT molecular complexity index is 1200. The van der Waals surface area contributed by atoms with Gasteiger partial charge in [-0.05, 0) is 56.7 Å². The molecule has 0 amide bonds.